The quantitative estimate of drug-likeness (QED) is 0.110. The molecule has 0 radical (unpaired) electrons. The van der Waals surface area contributed by atoms with E-state index in [2.05, 4.69) is 41.9 Å². The molecule has 18 nitrogen and oxygen atoms in total. The number of methoxy groups -OCH3 is 1. The van der Waals surface area contributed by atoms with Crippen LogP contribution in [0.1, 0.15) is 88.2 Å². The van der Waals surface area contributed by atoms with Crippen molar-refractivity contribution in [1.82, 2.24) is 51.7 Å². The van der Waals surface area contributed by atoms with Gasteiger partial charge in [-0.1, -0.05) is 62.1 Å². The van der Waals surface area contributed by atoms with Gasteiger partial charge >= 0.3 is 6.03 Å². The minimum atomic E-state index is -1.42. The lowest BCUT2D eigenvalue weighted by molar-refractivity contribution is -0.150. The summed E-state index contributed by atoms with van der Waals surface area (Å²) in [5, 5.41) is 19.4. The number of carbonyl (C=O) groups is 7. The van der Waals surface area contributed by atoms with Gasteiger partial charge in [0, 0.05) is 79.8 Å². The van der Waals surface area contributed by atoms with Crippen LogP contribution in [0.3, 0.4) is 0 Å². The molecular formula is C50H64N10O8. The summed E-state index contributed by atoms with van der Waals surface area (Å²) in [5.41, 5.74) is 1.83. The van der Waals surface area contributed by atoms with E-state index < -0.39 is 71.3 Å². The van der Waals surface area contributed by atoms with Crippen molar-refractivity contribution in [2.24, 2.45) is 5.92 Å². The van der Waals surface area contributed by atoms with Gasteiger partial charge in [0.2, 0.25) is 35.4 Å². The number of hydrogen-bond donors (Lipinski definition) is 8. The zero-order valence-corrected chi connectivity index (χ0v) is 38.7. The standard InChI is InChI=1S/C50H64N10O8/c1-68-24-22-52-49(67)51-21-18-37-46(64)59-23-10-17-41(59)47(65)60-40-16-7-2-11-30(40)27-42(60)45(63)56-39(26-32-29-54-36-15-6-4-13-34(32)36)44(62)58-50(19-8-9-20-50)48(66)57-38(43(61)55-37)25-31-28-53-35-14-5-3-12-33(31)35/h3-6,12-15,28-30,37-42,53-54H,2,7-11,16-27H2,1H3,(H,55,61)(H,56,63)(H,57,66)(H,58,62)(H2,51,52,67)/t30-,37-,38-,39-,40-,41+,42-/m0/s1. The van der Waals surface area contributed by atoms with Gasteiger partial charge in [-0.15, -0.1) is 0 Å². The van der Waals surface area contributed by atoms with Crippen molar-refractivity contribution in [2.75, 3.05) is 33.4 Å². The molecular weight excluding hydrogens is 869 g/mol. The van der Waals surface area contributed by atoms with Crippen molar-refractivity contribution >= 4 is 63.3 Å². The number of para-hydroxylation sites is 2. The minimum absolute atomic E-state index is 0.00554. The highest BCUT2D eigenvalue weighted by molar-refractivity contribution is 6.00. The number of fused-ring (bicyclic) bond motifs is 6. The third-order valence-corrected chi connectivity index (χ3v) is 15.1. The number of urea groups is 1. The molecule has 0 unspecified atom stereocenters. The number of rotatable bonds is 10. The molecule has 7 atom stereocenters. The van der Waals surface area contributed by atoms with Crippen LogP contribution in [-0.2, 0) is 46.3 Å². The lowest BCUT2D eigenvalue weighted by Gasteiger charge is -2.38. The molecule has 362 valence electrons. The van der Waals surface area contributed by atoms with E-state index in [-0.39, 0.29) is 56.8 Å². The van der Waals surface area contributed by atoms with Gasteiger partial charge in [-0.25, -0.2) is 4.79 Å². The zero-order valence-electron chi connectivity index (χ0n) is 38.7. The average molecular weight is 933 g/mol. The van der Waals surface area contributed by atoms with Crippen molar-refractivity contribution in [2.45, 2.75) is 132 Å². The van der Waals surface area contributed by atoms with Crippen LogP contribution in [0.15, 0.2) is 60.9 Å². The first-order valence-corrected chi connectivity index (χ1v) is 24.5. The molecule has 4 aromatic rings. The highest BCUT2D eigenvalue weighted by Gasteiger charge is 2.52. The number of ether oxygens (including phenoxy) is 1. The molecule has 2 aromatic carbocycles. The molecule has 8 N–H and O–H groups in total. The largest absolute Gasteiger partial charge is 0.383 e. The maximum absolute atomic E-state index is 15.2. The Morgan fingerprint density at radius 2 is 1.32 bits per heavy atom. The van der Waals surface area contributed by atoms with E-state index in [1.54, 1.807) is 11.1 Å². The summed E-state index contributed by atoms with van der Waals surface area (Å²) < 4.78 is 5.04. The van der Waals surface area contributed by atoms with Crippen LogP contribution < -0.4 is 31.9 Å². The van der Waals surface area contributed by atoms with Crippen LogP contribution in [0, 0.1) is 5.92 Å². The number of aromatic amines is 2. The van der Waals surface area contributed by atoms with Gasteiger partial charge in [-0.05, 0) is 80.5 Å². The molecule has 5 aliphatic rings. The molecule has 1 spiro atoms. The Bertz CT molecular complexity index is 2530. The molecule has 18 heteroatoms. The number of hydrogen-bond acceptors (Lipinski definition) is 8. The Balaban J connectivity index is 1.10. The first-order valence-electron chi connectivity index (χ1n) is 24.5. The van der Waals surface area contributed by atoms with Gasteiger partial charge < -0.3 is 56.4 Å². The number of aromatic nitrogens is 2. The molecule has 3 aliphatic heterocycles. The number of carbonyl (C=O) groups excluding carboxylic acids is 7. The van der Waals surface area contributed by atoms with E-state index in [1.807, 2.05) is 54.7 Å². The fourth-order valence-corrected chi connectivity index (χ4v) is 11.6. The summed E-state index contributed by atoms with van der Waals surface area (Å²) in [5.74, 6) is -2.92. The monoisotopic (exact) mass is 932 g/mol. The lowest BCUT2D eigenvalue weighted by Crippen LogP contribution is -2.65. The van der Waals surface area contributed by atoms with E-state index in [9.17, 15) is 24.0 Å². The van der Waals surface area contributed by atoms with Gasteiger partial charge in [-0.3, -0.25) is 28.8 Å². The summed E-state index contributed by atoms with van der Waals surface area (Å²) in [6, 6.07) is 9.27. The van der Waals surface area contributed by atoms with Crippen LogP contribution in [0.2, 0.25) is 0 Å². The number of nitrogens with zero attached hydrogens (tertiary/aromatic N) is 2. The molecule has 5 heterocycles. The fourth-order valence-electron chi connectivity index (χ4n) is 11.6. The lowest BCUT2D eigenvalue weighted by atomic mass is 9.84. The normalized spacial score (nSPS) is 26.9. The van der Waals surface area contributed by atoms with Gasteiger partial charge in [-0.2, -0.15) is 0 Å². The van der Waals surface area contributed by atoms with E-state index in [4.69, 9.17) is 4.74 Å². The van der Waals surface area contributed by atoms with Crippen molar-refractivity contribution in [3.63, 3.8) is 0 Å². The van der Waals surface area contributed by atoms with E-state index >= 15 is 9.59 Å². The summed E-state index contributed by atoms with van der Waals surface area (Å²) >= 11 is 0. The smallest absolute Gasteiger partial charge is 0.314 e. The average Bonchev–Trinajstić information content (AvgIpc) is 4.21. The molecule has 5 fully saturated rings. The molecule has 3 saturated heterocycles. The Morgan fingerprint density at radius 1 is 0.691 bits per heavy atom. The predicted octanol–water partition coefficient (Wildman–Crippen LogP) is 2.82. The second-order valence-corrected chi connectivity index (χ2v) is 19.3. The highest BCUT2D eigenvalue weighted by Crippen LogP contribution is 2.41. The maximum atomic E-state index is 15.2. The minimum Gasteiger partial charge on any atom is -0.383 e. The Labute approximate surface area is 395 Å². The number of H-pyrrole nitrogens is 2. The van der Waals surface area contributed by atoms with Crippen LogP contribution in [0.5, 0.6) is 0 Å². The maximum Gasteiger partial charge on any atom is 0.314 e. The van der Waals surface area contributed by atoms with Gasteiger partial charge in [0.1, 0.15) is 35.7 Å². The van der Waals surface area contributed by atoms with Gasteiger partial charge in [0.05, 0.1) is 6.61 Å². The van der Waals surface area contributed by atoms with Crippen molar-refractivity contribution in [3.8, 4) is 0 Å². The molecule has 68 heavy (non-hydrogen) atoms. The molecule has 2 aromatic heterocycles. The van der Waals surface area contributed by atoms with Crippen LogP contribution in [0.25, 0.3) is 21.8 Å². The van der Waals surface area contributed by atoms with E-state index in [0.29, 0.717) is 58.0 Å². The Morgan fingerprint density at radius 3 is 2.01 bits per heavy atom. The number of benzene rings is 2. The number of nitrogens with one attached hydrogen (secondary N) is 8. The second-order valence-electron chi connectivity index (χ2n) is 19.3. The molecule has 2 aliphatic carbocycles. The fraction of sp³-hybridized carbons (Fsp3) is 0.540. The molecule has 2 saturated carbocycles. The van der Waals surface area contributed by atoms with Gasteiger partial charge in [0.15, 0.2) is 0 Å². The van der Waals surface area contributed by atoms with E-state index in [0.717, 1.165) is 52.2 Å². The van der Waals surface area contributed by atoms with Crippen molar-refractivity contribution in [1.29, 1.82) is 0 Å². The van der Waals surface area contributed by atoms with Crippen LogP contribution >= 0.6 is 0 Å². The molecule has 0 bridgehead atoms. The summed E-state index contributed by atoms with van der Waals surface area (Å²) in [6.07, 6.45) is 10.3. The van der Waals surface area contributed by atoms with E-state index in [1.165, 1.54) is 12.0 Å². The summed E-state index contributed by atoms with van der Waals surface area (Å²) in [6.45, 7) is 0.805. The highest BCUT2D eigenvalue weighted by atomic mass is 16.5. The first-order chi connectivity index (χ1) is 33.0. The van der Waals surface area contributed by atoms with Crippen molar-refractivity contribution < 1.29 is 38.3 Å². The zero-order chi connectivity index (χ0) is 47.4. The summed E-state index contributed by atoms with van der Waals surface area (Å²) in [7, 11) is 1.52. The predicted molar refractivity (Wildman–Crippen MR) is 253 cm³/mol. The molecule has 9 rings (SSSR count). The van der Waals surface area contributed by atoms with Crippen molar-refractivity contribution in [3.05, 3.63) is 72.1 Å². The Kier molecular flexibility index (Phi) is 14.0. The molecule has 8 amide bonds. The third-order valence-electron chi connectivity index (χ3n) is 15.1. The summed E-state index contributed by atoms with van der Waals surface area (Å²) in [4.78, 5) is 112. The SMILES string of the molecule is COCCNC(=O)NCC[C@@H]1NC(=O)[C@H](Cc2c[nH]c3ccccc23)NC(=O)C2(CCCC2)NC(=O)[C@H](Cc2c[nH]c3ccccc23)NC(=O)[C@@H]2C[C@@H]3CCCC[C@@H]3N2C(=O)[C@H]2CCCN2C1=O. The number of amides is 8. The van der Waals surface area contributed by atoms with Crippen LogP contribution in [-0.4, -0.2) is 136 Å². The first kappa shape index (κ1) is 46.7. The third kappa shape index (κ3) is 9.64. The Hall–Kier alpha value is -6.43. The van der Waals surface area contributed by atoms with Gasteiger partial charge in [0.25, 0.3) is 0 Å². The topological polar surface area (TPSA) is 239 Å². The second kappa shape index (κ2) is 20.4. The van der Waals surface area contributed by atoms with Crippen LogP contribution in [0.4, 0.5) is 4.79 Å².